The summed E-state index contributed by atoms with van der Waals surface area (Å²) in [6.45, 7) is 0.874. The van der Waals surface area contributed by atoms with Gasteiger partial charge < -0.3 is 14.0 Å². The van der Waals surface area contributed by atoms with E-state index in [2.05, 4.69) is 21.7 Å². The van der Waals surface area contributed by atoms with E-state index < -0.39 is 0 Å². The van der Waals surface area contributed by atoms with E-state index in [4.69, 9.17) is 21.1 Å². The van der Waals surface area contributed by atoms with Crippen molar-refractivity contribution >= 4 is 23.4 Å². The van der Waals surface area contributed by atoms with Crippen LogP contribution in [0.25, 0.3) is 0 Å². The van der Waals surface area contributed by atoms with Crippen molar-refractivity contribution in [3.05, 3.63) is 71.8 Å². The number of aromatic nitrogens is 2. The van der Waals surface area contributed by atoms with Crippen LogP contribution in [0, 0.1) is 0 Å². The minimum absolute atomic E-state index is 0.357. The SMILES string of the molecule is COc1ccc(OC)c(SC(CCc2ccc(Cl)cc2)Cn2ccnc2)c1. The van der Waals surface area contributed by atoms with Crippen LogP contribution in [-0.2, 0) is 13.0 Å². The third-order valence-corrected chi connectivity index (χ3v) is 5.85. The van der Waals surface area contributed by atoms with Gasteiger partial charge in [0.05, 0.1) is 25.4 Å². The van der Waals surface area contributed by atoms with Crippen LogP contribution < -0.4 is 9.47 Å². The molecular weight excluding hydrogens is 380 g/mol. The number of hydrogen-bond donors (Lipinski definition) is 0. The lowest BCUT2D eigenvalue weighted by molar-refractivity contribution is 0.394. The molecule has 0 aliphatic rings. The molecule has 0 spiro atoms. The number of rotatable bonds is 9. The maximum Gasteiger partial charge on any atom is 0.132 e. The predicted octanol–water partition coefficient (Wildman–Crippen LogP) is 5.35. The Morgan fingerprint density at radius 1 is 1.11 bits per heavy atom. The molecule has 0 saturated heterocycles. The van der Waals surface area contributed by atoms with Gasteiger partial charge in [0.25, 0.3) is 0 Å². The maximum atomic E-state index is 6.00. The Labute approximate surface area is 169 Å². The molecule has 1 atom stereocenters. The van der Waals surface area contributed by atoms with Crippen molar-refractivity contribution in [2.24, 2.45) is 0 Å². The Hall–Kier alpha value is -2.11. The minimum atomic E-state index is 0.357. The van der Waals surface area contributed by atoms with E-state index in [9.17, 15) is 0 Å². The van der Waals surface area contributed by atoms with Gasteiger partial charge in [0, 0.05) is 29.2 Å². The van der Waals surface area contributed by atoms with E-state index in [1.165, 1.54) is 5.56 Å². The number of imidazole rings is 1. The zero-order valence-electron chi connectivity index (χ0n) is 15.5. The summed E-state index contributed by atoms with van der Waals surface area (Å²) in [6.07, 6.45) is 7.67. The molecule has 0 aliphatic carbocycles. The average Bonchev–Trinajstić information content (AvgIpc) is 3.20. The Bertz CT molecular complexity index is 838. The molecule has 6 heteroatoms. The zero-order chi connectivity index (χ0) is 19.1. The first kappa shape index (κ1) is 19.6. The summed E-state index contributed by atoms with van der Waals surface area (Å²) in [4.78, 5) is 5.25. The molecule has 0 radical (unpaired) electrons. The number of hydrogen-bond acceptors (Lipinski definition) is 4. The molecule has 3 rings (SSSR count). The summed E-state index contributed by atoms with van der Waals surface area (Å²) >= 11 is 7.81. The minimum Gasteiger partial charge on any atom is -0.497 e. The van der Waals surface area contributed by atoms with E-state index in [0.717, 1.165) is 40.8 Å². The second-order valence-corrected chi connectivity index (χ2v) is 7.96. The van der Waals surface area contributed by atoms with Crippen LogP contribution in [0.4, 0.5) is 0 Å². The summed E-state index contributed by atoms with van der Waals surface area (Å²) in [5.74, 6) is 1.69. The van der Waals surface area contributed by atoms with Crippen LogP contribution in [0.15, 0.2) is 66.1 Å². The highest BCUT2D eigenvalue weighted by atomic mass is 35.5. The van der Waals surface area contributed by atoms with Gasteiger partial charge in [-0.1, -0.05) is 23.7 Å². The fourth-order valence-electron chi connectivity index (χ4n) is 2.85. The van der Waals surface area contributed by atoms with Crippen molar-refractivity contribution in [3.63, 3.8) is 0 Å². The topological polar surface area (TPSA) is 36.3 Å². The Kier molecular flexibility index (Phi) is 7.07. The Morgan fingerprint density at radius 2 is 1.93 bits per heavy atom. The standard InChI is InChI=1S/C21H23ClN2O2S/c1-25-18-8-10-20(26-2)21(13-18)27-19(14-24-12-11-23-15-24)9-5-16-3-6-17(22)7-4-16/h3-4,6-8,10-13,15,19H,5,9,14H2,1-2H3. The fraction of sp³-hybridized carbons (Fsp3) is 0.286. The van der Waals surface area contributed by atoms with Gasteiger partial charge >= 0.3 is 0 Å². The van der Waals surface area contributed by atoms with Crippen LogP contribution in [0.5, 0.6) is 11.5 Å². The Balaban J connectivity index is 1.76. The monoisotopic (exact) mass is 402 g/mol. The first-order chi connectivity index (χ1) is 13.2. The van der Waals surface area contributed by atoms with Crippen molar-refractivity contribution in [2.75, 3.05) is 14.2 Å². The highest BCUT2D eigenvalue weighted by Crippen LogP contribution is 2.37. The fourth-order valence-corrected chi connectivity index (χ4v) is 4.27. The van der Waals surface area contributed by atoms with Gasteiger partial charge in [0.1, 0.15) is 11.5 Å². The number of thioether (sulfide) groups is 1. The molecule has 0 bridgehead atoms. The molecule has 3 aromatic rings. The molecule has 1 unspecified atom stereocenters. The van der Waals surface area contributed by atoms with Gasteiger partial charge in [-0.3, -0.25) is 0 Å². The van der Waals surface area contributed by atoms with E-state index in [1.807, 2.05) is 60.8 Å². The van der Waals surface area contributed by atoms with Gasteiger partial charge in [0.15, 0.2) is 0 Å². The van der Waals surface area contributed by atoms with E-state index in [1.54, 1.807) is 14.2 Å². The van der Waals surface area contributed by atoms with Crippen molar-refractivity contribution in [2.45, 2.75) is 29.5 Å². The summed E-state index contributed by atoms with van der Waals surface area (Å²) < 4.78 is 13.0. The molecule has 0 N–H and O–H groups in total. The number of ether oxygens (including phenoxy) is 2. The molecule has 0 saturated carbocycles. The predicted molar refractivity (Wildman–Crippen MR) is 111 cm³/mol. The molecule has 0 fully saturated rings. The second-order valence-electron chi connectivity index (χ2n) is 6.18. The first-order valence-electron chi connectivity index (χ1n) is 8.77. The van der Waals surface area contributed by atoms with Gasteiger partial charge in [-0.15, -0.1) is 11.8 Å². The van der Waals surface area contributed by atoms with Crippen LogP contribution in [-0.4, -0.2) is 29.0 Å². The lowest BCUT2D eigenvalue weighted by atomic mass is 10.1. The molecular formula is C21H23ClN2O2S. The van der Waals surface area contributed by atoms with E-state index >= 15 is 0 Å². The molecule has 142 valence electrons. The smallest absolute Gasteiger partial charge is 0.132 e. The quantitative estimate of drug-likeness (QED) is 0.452. The van der Waals surface area contributed by atoms with Crippen molar-refractivity contribution in [3.8, 4) is 11.5 Å². The molecule has 27 heavy (non-hydrogen) atoms. The van der Waals surface area contributed by atoms with Crippen LogP contribution in [0.1, 0.15) is 12.0 Å². The Morgan fingerprint density at radius 3 is 2.59 bits per heavy atom. The number of benzene rings is 2. The lowest BCUT2D eigenvalue weighted by Gasteiger charge is -2.19. The molecule has 1 aromatic heterocycles. The third kappa shape index (κ3) is 5.68. The third-order valence-electron chi connectivity index (χ3n) is 4.31. The molecule has 4 nitrogen and oxygen atoms in total. The molecule has 1 heterocycles. The number of methoxy groups -OCH3 is 2. The molecule has 0 aliphatic heterocycles. The highest BCUT2D eigenvalue weighted by Gasteiger charge is 2.16. The maximum absolute atomic E-state index is 6.00. The lowest BCUT2D eigenvalue weighted by Crippen LogP contribution is -2.13. The molecule has 0 amide bonds. The van der Waals surface area contributed by atoms with Crippen LogP contribution in [0.3, 0.4) is 0 Å². The number of nitrogens with zero attached hydrogens (tertiary/aromatic N) is 2. The van der Waals surface area contributed by atoms with Gasteiger partial charge in [0.2, 0.25) is 0 Å². The van der Waals surface area contributed by atoms with Crippen molar-refractivity contribution in [1.29, 1.82) is 0 Å². The van der Waals surface area contributed by atoms with Crippen molar-refractivity contribution < 1.29 is 9.47 Å². The van der Waals surface area contributed by atoms with E-state index in [0.29, 0.717) is 5.25 Å². The zero-order valence-corrected chi connectivity index (χ0v) is 17.0. The summed E-state index contributed by atoms with van der Waals surface area (Å²) in [7, 11) is 3.38. The number of aryl methyl sites for hydroxylation is 1. The summed E-state index contributed by atoms with van der Waals surface area (Å²) in [6, 6.07) is 14.0. The molecule has 2 aromatic carbocycles. The van der Waals surface area contributed by atoms with Gasteiger partial charge in [-0.2, -0.15) is 0 Å². The van der Waals surface area contributed by atoms with Crippen molar-refractivity contribution in [1.82, 2.24) is 9.55 Å². The van der Waals surface area contributed by atoms with E-state index in [-0.39, 0.29) is 0 Å². The summed E-state index contributed by atoms with van der Waals surface area (Å²) in [5.41, 5.74) is 1.29. The normalized spacial score (nSPS) is 12.0. The first-order valence-corrected chi connectivity index (χ1v) is 10.0. The van der Waals surface area contributed by atoms with Gasteiger partial charge in [-0.25, -0.2) is 4.98 Å². The summed E-state index contributed by atoms with van der Waals surface area (Å²) in [5, 5.41) is 1.13. The second kappa shape index (κ2) is 9.72. The van der Waals surface area contributed by atoms with Crippen LogP contribution >= 0.6 is 23.4 Å². The highest BCUT2D eigenvalue weighted by molar-refractivity contribution is 8.00. The van der Waals surface area contributed by atoms with Crippen LogP contribution in [0.2, 0.25) is 5.02 Å². The number of halogens is 1. The largest absolute Gasteiger partial charge is 0.497 e. The van der Waals surface area contributed by atoms with Gasteiger partial charge in [-0.05, 0) is 48.7 Å². The average molecular weight is 403 g/mol.